The highest BCUT2D eigenvalue weighted by atomic mass is 19.3. The monoisotopic (exact) mass is 394 g/mol. The summed E-state index contributed by atoms with van der Waals surface area (Å²) in [6.07, 6.45) is 6.99. The van der Waals surface area contributed by atoms with Gasteiger partial charge in [-0.2, -0.15) is 8.78 Å². The molecule has 4 rings (SSSR count). The maximum Gasteiger partial charge on any atom is 0.387 e. The number of hydrogen-bond acceptors (Lipinski definition) is 5. The molecule has 29 heavy (non-hydrogen) atoms. The van der Waals surface area contributed by atoms with Gasteiger partial charge in [0.2, 0.25) is 0 Å². The average molecular weight is 394 g/mol. The van der Waals surface area contributed by atoms with Crippen molar-refractivity contribution in [2.75, 3.05) is 6.54 Å². The van der Waals surface area contributed by atoms with Crippen molar-refractivity contribution in [2.45, 2.75) is 19.0 Å². The predicted molar refractivity (Wildman–Crippen MR) is 106 cm³/mol. The van der Waals surface area contributed by atoms with Crippen molar-refractivity contribution >= 4 is 0 Å². The molecule has 7 heteroatoms. The van der Waals surface area contributed by atoms with Gasteiger partial charge in [0.05, 0.1) is 11.2 Å². The summed E-state index contributed by atoms with van der Waals surface area (Å²) in [6, 6.07) is 13.1. The lowest BCUT2D eigenvalue weighted by atomic mass is 9.73. The number of hydrogen-bond donors (Lipinski definition) is 2. The summed E-state index contributed by atoms with van der Waals surface area (Å²) in [5, 5.41) is 3.20. The molecule has 148 valence electrons. The minimum atomic E-state index is -2.86. The topological polar surface area (TPSA) is 73.1 Å². The predicted octanol–water partition coefficient (Wildman–Crippen LogP) is 3.74. The zero-order valence-corrected chi connectivity index (χ0v) is 15.8. The van der Waals surface area contributed by atoms with E-state index in [1.807, 2.05) is 37.3 Å². The molecule has 0 saturated carbocycles. The van der Waals surface area contributed by atoms with E-state index in [-0.39, 0.29) is 5.75 Å². The van der Waals surface area contributed by atoms with Crippen LogP contribution in [0.15, 0.2) is 73.1 Å². The van der Waals surface area contributed by atoms with Gasteiger partial charge in [0.25, 0.3) is 0 Å². The second-order valence-corrected chi connectivity index (χ2v) is 6.99. The quantitative estimate of drug-likeness (QED) is 0.690. The van der Waals surface area contributed by atoms with Crippen molar-refractivity contribution in [2.24, 2.45) is 5.73 Å². The van der Waals surface area contributed by atoms with Gasteiger partial charge in [0.1, 0.15) is 12.1 Å². The van der Waals surface area contributed by atoms with Crippen LogP contribution in [0.4, 0.5) is 8.78 Å². The average Bonchev–Trinajstić information content (AvgIpc) is 3.11. The van der Waals surface area contributed by atoms with Gasteiger partial charge in [0.15, 0.2) is 0 Å². The molecule has 2 heterocycles. The van der Waals surface area contributed by atoms with Crippen molar-refractivity contribution in [1.82, 2.24) is 15.3 Å². The number of aromatic nitrogens is 2. The fraction of sp³-hybridized carbons (Fsp3) is 0.182. The second-order valence-electron chi connectivity index (χ2n) is 6.99. The molecule has 5 nitrogen and oxygen atoms in total. The Morgan fingerprint density at radius 3 is 2.55 bits per heavy atom. The van der Waals surface area contributed by atoms with Crippen LogP contribution < -0.4 is 15.8 Å². The van der Waals surface area contributed by atoms with Gasteiger partial charge in [-0.1, -0.05) is 24.3 Å². The maximum atomic E-state index is 12.6. The third kappa shape index (κ3) is 3.63. The van der Waals surface area contributed by atoms with E-state index in [0.717, 1.165) is 27.8 Å². The van der Waals surface area contributed by atoms with E-state index in [1.54, 1.807) is 24.5 Å². The van der Waals surface area contributed by atoms with Crippen LogP contribution in [-0.2, 0) is 5.41 Å². The summed E-state index contributed by atoms with van der Waals surface area (Å²) in [6.45, 7) is -0.418. The van der Waals surface area contributed by atoms with Crippen LogP contribution in [0, 0.1) is 6.92 Å². The minimum Gasteiger partial charge on any atom is -0.435 e. The molecule has 1 aromatic heterocycles. The fourth-order valence-electron chi connectivity index (χ4n) is 3.86. The first-order chi connectivity index (χ1) is 14.0. The number of rotatable bonds is 5. The van der Waals surface area contributed by atoms with Gasteiger partial charge in [-0.3, -0.25) is 0 Å². The molecular formula is C22H20F2N4O. The molecule has 3 aromatic rings. The Morgan fingerprint density at radius 2 is 1.90 bits per heavy atom. The number of ether oxygens (including phenoxy) is 1. The van der Waals surface area contributed by atoms with Crippen molar-refractivity contribution in [3.05, 3.63) is 89.8 Å². The summed E-state index contributed by atoms with van der Waals surface area (Å²) >= 11 is 0. The first-order valence-electron chi connectivity index (χ1n) is 9.12. The number of benzene rings is 2. The number of alkyl halides is 2. The number of nitrogens with zero attached hydrogens (tertiary/aromatic N) is 2. The molecule has 1 aliphatic heterocycles. The lowest BCUT2D eigenvalue weighted by molar-refractivity contribution is -0.0498. The number of halogens is 2. The number of aryl methyl sites for hydroxylation is 1. The maximum absolute atomic E-state index is 12.6. The van der Waals surface area contributed by atoms with Gasteiger partial charge >= 0.3 is 6.61 Å². The van der Waals surface area contributed by atoms with Crippen LogP contribution in [0.25, 0.3) is 11.1 Å². The summed E-state index contributed by atoms with van der Waals surface area (Å²) < 4.78 is 29.7. The second kappa shape index (κ2) is 7.50. The van der Waals surface area contributed by atoms with Gasteiger partial charge in [-0.25, -0.2) is 9.97 Å². The number of nitrogens with two attached hydrogens (primary N) is 1. The third-order valence-corrected chi connectivity index (χ3v) is 5.15. The highest BCUT2D eigenvalue weighted by Crippen LogP contribution is 2.40. The molecular weight excluding hydrogens is 374 g/mol. The molecule has 2 aromatic carbocycles. The molecule has 0 fully saturated rings. The Kier molecular flexibility index (Phi) is 4.88. The zero-order chi connectivity index (χ0) is 20.4. The molecule has 0 aliphatic carbocycles. The van der Waals surface area contributed by atoms with E-state index in [4.69, 9.17) is 5.73 Å². The largest absolute Gasteiger partial charge is 0.435 e. The Bertz CT molecular complexity index is 1060. The van der Waals surface area contributed by atoms with Gasteiger partial charge in [0, 0.05) is 24.5 Å². The number of nitrogens with one attached hydrogen (secondary N) is 1. The van der Waals surface area contributed by atoms with E-state index >= 15 is 0 Å². The molecule has 0 radical (unpaired) electrons. The Balaban J connectivity index is 1.82. The lowest BCUT2D eigenvalue weighted by Gasteiger charge is -2.30. The summed E-state index contributed by atoms with van der Waals surface area (Å²) in [7, 11) is 0. The normalized spacial score (nSPS) is 18.4. The van der Waals surface area contributed by atoms with Crippen molar-refractivity contribution < 1.29 is 13.5 Å². The van der Waals surface area contributed by atoms with Crippen molar-refractivity contribution in [3.8, 4) is 16.9 Å². The first-order valence-corrected chi connectivity index (χ1v) is 9.12. The van der Waals surface area contributed by atoms with Gasteiger partial charge in [-0.15, -0.1) is 0 Å². The standard InChI is InChI=1S/C22H20F2N4O/c1-14-7-18(29-21(23)24)5-6-19(14)22(9-20(25)28-12-22)17-4-2-3-15(8-17)16-10-26-13-27-11-16/h2-11,13,21,28H,12,25H2,1H3. The van der Waals surface area contributed by atoms with Gasteiger partial charge in [-0.05, 0) is 53.5 Å². The molecule has 0 amide bonds. The smallest absolute Gasteiger partial charge is 0.387 e. The molecule has 1 unspecified atom stereocenters. The SMILES string of the molecule is Cc1cc(OC(F)F)ccc1C1(c2cccc(-c3cncnc3)c2)C=C(N)NC1. The Hall–Kier alpha value is -3.48. The van der Waals surface area contributed by atoms with Gasteiger partial charge < -0.3 is 15.8 Å². The Morgan fingerprint density at radius 1 is 1.10 bits per heavy atom. The van der Waals surface area contributed by atoms with Crippen LogP contribution in [0.1, 0.15) is 16.7 Å². The fourth-order valence-corrected chi connectivity index (χ4v) is 3.86. The molecule has 0 bridgehead atoms. The highest BCUT2D eigenvalue weighted by Gasteiger charge is 2.37. The summed E-state index contributed by atoms with van der Waals surface area (Å²) in [5.74, 6) is 0.709. The van der Waals surface area contributed by atoms with E-state index in [9.17, 15) is 8.78 Å². The third-order valence-electron chi connectivity index (χ3n) is 5.15. The van der Waals surface area contributed by atoms with Crippen LogP contribution >= 0.6 is 0 Å². The minimum absolute atomic E-state index is 0.134. The molecule has 3 N–H and O–H groups in total. The Labute approximate surface area is 167 Å². The van der Waals surface area contributed by atoms with Crippen molar-refractivity contribution in [3.63, 3.8) is 0 Å². The summed E-state index contributed by atoms with van der Waals surface area (Å²) in [4.78, 5) is 8.19. The van der Waals surface area contributed by atoms with E-state index in [1.165, 1.54) is 6.33 Å². The van der Waals surface area contributed by atoms with Crippen LogP contribution in [0.5, 0.6) is 5.75 Å². The van der Waals surface area contributed by atoms with Crippen molar-refractivity contribution in [1.29, 1.82) is 0 Å². The lowest BCUT2D eigenvalue weighted by Crippen LogP contribution is -2.32. The molecule has 0 saturated heterocycles. The van der Waals surface area contributed by atoms with E-state index in [2.05, 4.69) is 26.1 Å². The van der Waals surface area contributed by atoms with Crippen LogP contribution in [-0.4, -0.2) is 23.1 Å². The van der Waals surface area contributed by atoms with E-state index in [0.29, 0.717) is 12.4 Å². The first kappa shape index (κ1) is 18.9. The molecule has 1 atom stereocenters. The van der Waals surface area contributed by atoms with Crippen LogP contribution in [0.2, 0.25) is 0 Å². The molecule has 1 aliphatic rings. The van der Waals surface area contributed by atoms with Crippen LogP contribution in [0.3, 0.4) is 0 Å². The molecule has 0 spiro atoms. The summed E-state index contributed by atoms with van der Waals surface area (Å²) in [5.41, 5.74) is 10.3. The van der Waals surface area contributed by atoms with E-state index < -0.39 is 12.0 Å². The zero-order valence-electron chi connectivity index (χ0n) is 15.8. The highest BCUT2D eigenvalue weighted by molar-refractivity contribution is 5.65.